The summed E-state index contributed by atoms with van der Waals surface area (Å²) in [4.78, 5) is 12.1. The SMILES string of the molecule is C[C@@](C=O)(CO)NCl. The molecule has 0 bridgehead atoms. The Hall–Kier alpha value is -0.120. The van der Waals surface area contributed by atoms with Crippen molar-refractivity contribution in [3.63, 3.8) is 0 Å². The summed E-state index contributed by atoms with van der Waals surface area (Å²) in [7, 11) is 0. The molecule has 0 amide bonds. The molecule has 48 valence electrons. The van der Waals surface area contributed by atoms with Crippen LogP contribution in [0.15, 0.2) is 0 Å². The Morgan fingerprint density at radius 1 is 2.00 bits per heavy atom. The topological polar surface area (TPSA) is 49.3 Å². The second-order valence-corrected chi connectivity index (χ2v) is 1.98. The predicted octanol–water partition coefficient (Wildman–Crippen LogP) is -0.320. The van der Waals surface area contributed by atoms with Crippen LogP contribution in [-0.2, 0) is 4.79 Å². The zero-order chi connectivity index (χ0) is 6.62. The van der Waals surface area contributed by atoms with Crippen LogP contribution in [0.5, 0.6) is 0 Å². The van der Waals surface area contributed by atoms with Crippen LogP contribution in [0.2, 0.25) is 0 Å². The Bertz CT molecular complexity index is 82.1. The summed E-state index contributed by atoms with van der Waals surface area (Å²) in [6, 6.07) is 0. The van der Waals surface area contributed by atoms with Gasteiger partial charge in [-0.3, -0.25) is 0 Å². The fraction of sp³-hybridized carbons (Fsp3) is 0.750. The van der Waals surface area contributed by atoms with E-state index in [-0.39, 0.29) is 6.61 Å². The third-order valence-corrected chi connectivity index (χ3v) is 1.24. The minimum absolute atomic E-state index is 0.292. The van der Waals surface area contributed by atoms with E-state index in [9.17, 15) is 4.79 Å². The van der Waals surface area contributed by atoms with E-state index in [1.165, 1.54) is 6.92 Å². The molecular formula is C4H8ClNO2. The molecule has 3 nitrogen and oxygen atoms in total. The van der Waals surface area contributed by atoms with E-state index in [0.717, 1.165) is 0 Å². The Morgan fingerprint density at radius 2 is 2.50 bits per heavy atom. The Labute approximate surface area is 52.8 Å². The molecule has 0 saturated heterocycles. The number of hydrogen-bond donors (Lipinski definition) is 2. The van der Waals surface area contributed by atoms with E-state index in [4.69, 9.17) is 16.9 Å². The number of carbonyl (C=O) groups is 1. The predicted molar refractivity (Wildman–Crippen MR) is 30.5 cm³/mol. The molecule has 0 heterocycles. The summed E-state index contributed by atoms with van der Waals surface area (Å²) >= 11 is 5.07. The third kappa shape index (κ3) is 1.78. The van der Waals surface area contributed by atoms with Gasteiger partial charge in [-0.25, -0.2) is 4.84 Å². The summed E-state index contributed by atoms with van der Waals surface area (Å²) in [5.74, 6) is 0. The first-order chi connectivity index (χ1) is 3.68. The van der Waals surface area contributed by atoms with Gasteiger partial charge in [-0.1, -0.05) is 0 Å². The Morgan fingerprint density at radius 3 is 2.50 bits per heavy atom. The molecule has 0 aliphatic rings. The van der Waals surface area contributed by atoms with Gasteiger partial charge in [0.25, 0.3) is 0 Å². The molecule has 0 spiro atoms. The van der Waals surface area contributed by atoms with Crippen molar-refractivity contribution in [2.45, 2.75) is 12.5 Å². The van der Waals surface area contributed by atoms with E-state index in [2.05, 4.69) is 4.84 Å². The average Bonchev–Trinajstić information content (AvgIpc) is 1.87. The smallest absolute Gasteiger partial charge is 0.143 e. The van der Waals surface area contributed by atoms with Crippen molar-refractivity contribution in [3.05, 3.63) is 0 Å². The Kier molecular flexibility index (Phi) is 2.97. The first kappa shape index (κ1) is 7.88. The van der Waals surface area contributed by atoms with E-state index in [1.807, 2.05) is 0 Å². The van der Waals surface area contributed by atoms with Crippen LogP contribution in [0, 0.1) is 0 Å². The molecule has 0 aliphatic heterocycles. The number of hydrogen-bond acceptors (Lipinski definition) is 3. The lowest BCUT2D eigenvalue weighted by Gasteiger charge is -2.15. The first-order valence-corrected chi connectivity index (χ1v) is 2.51. The number of aldehydes is 1. The first-order valence-electron chi connectivity index (χ1n) is 2.13. The standard InChI is InChI=1S/C4H8ClNO2/c1-4(2-7,3-8)6-5/h2,6,8H,3H2,1H3/t4-/m1/s1. The maximum atomic E-state index is 9.98. The largest absolute Gasteiger partial charge is 0.394 e. The van der Waals surface area contributed by atoms with E-state index >= 15 is 0 Å². The molecule has 4 heteroatoms. The van der Waals surface area contributed by atoms with Gasteiger partial charge in [0.1, 0.15) is 11.8 Å². The molecule has 0 radical (unpaired) electrons. The molecule has 0 aliphatic carbocycles. The molecule has 0 saturated carbocycles. The lowest BCUT2D eigenvalue weighted by Crippen LogP contribution is -2.41. The summed E-state index contributed by atoms with van der Waals surface area (Å²) in [5.41, 5.74) is -0.985. The quantitative estimate of drug-likeness (QED) is 0.414. The van der Waals surface area contributed by atoms with Gasteiger partial charge in [-0.2, -0.15) is 0 Å². The number of aliphatic hydroxyl groups excluding tert-OH is 1. The minimum atomic E-state index is -0.985. The number of aliphatic hydroxyl groups is 1. The zero-order valence-electron chi connectivity index (χ0n) is 4.52. The van der Waals surface area contributed by atoms with Crippen molar-refractivity contribution in [2.24, 2.45) is 0 Å². The summed E-state index contributed by atoms with van der Waals surface area (Å²) in [6.07, 6.45) is 0.556. The van der Waals surface area contributed by atoms with Crippen molar-refractivity contribution in [3.8, 4) is 0 Å². The van der Waals surface area contributed by atoms with Crippen LogP contribution < -0.4 is 4.84 Å². The molecule has 0 fully saturated rings. The second kappa shape index (κ2) is 3.02. The van der Waals surface area contributed by atoms with E-state index < -0.39 is 5.54 Å². The molecule has 0 rings (SSSR count). The monoisotopic (exact) mass is 137 g/mol. The fourth-order valence-electron chi connectivity index (χ4n) is 0.0894. The summed E-state index contributed by atoms with van der Waals surface area (Å²) < 4.78 is 0. The minimum Gasteiger partial charge on any atom is -0.394 e. The lowest BCUT2D eigenvalue weighted by molar-refractivity contribution is -0.113. The van der Waals surface area contributed by atoms with E-state index in [0.29, 0.717) is 6.29 Å². The second-order valence-electron chi connectivity index (χ2n) is 1.79. The van der Waals surface area contributed by atoms with Crippen molar-refractivity contribution < 1.29 is 9.90 Å². The fourth-order valence-corrected chi connectivity index (χ4v) is 0.194. The van der Waals surface area contributed by atoms with Gasteiger partial charge in [0, 0.05) is 0 Å². The highest BCUT2D eigenvalue weighted by Crippen LogP contribution is 1.96. The average molecular weight is 138 g/mol. The summed E-state index contributed by atoms with van der Waals surface area (Å²) in [5, 5.41) is 8.41. The van der Waals surface area contributed by atoms with Crippen molar-refractivity contribution >= 4 is 18.1 Å². The highest BCUT2D eigenvalue weighted by atomic mass is 35.5. The number of nitrogens with one attached hydrogen (secondary N) is 1. The van der Waals surface area contributed by atoms with Crippen LogP contribution in [-0.4, -0.2) is 23.5 Å². The van der Waals surface area contributed by atoms with Crippen molar-refractivity contribution in [1.82, 2.24) is 4.84 Å². The number of halogens is 1. The molecule has 0 aromatic carbocycles. The molecule has 8 heavy (non-hydrogen) atoms. The van der Waals surface area contributed by atoms with Crippen molar-refractivity contribution in [2.75, 3.05) is 6.61 Å². The zero-order valence-corrected chi connectivity index (χ0v) is 5.27. The maximum Gasteiger partial charge on any atom is 0.143 e. The van der Waals surface area contributed by atoms with Gasteiger partial charge in [0.15, 0.2) is 0 Å². The van der Waals surface area contributed by atoms with Gasteiger partial charge in [-0.15, -0.1) is 0 Å². The highest BCUT2D eigenvalue weighted by Gasteiger charge is 2.19. The highest BCUT2D eigenvalue weighted by molar-refractivity contribution is 6.14. The number of carbonyl (C=O) groups excluding carboxylic acids is 1. The normalized spacial score (nSPS) is 17.4. The molecule has 2 N–H and O–H groups in total. The van der Waals surface area contributed by atoms with Gasteiger partial charge in [0.2, 0.25) is 0 Å². The van der Waals surface area contributed by atoms with Crippen molar-refractivity contribution in [1.29, 1.82) is 0 Å². The van der Waals surface area contributed by atoms with Gasteiger partial charge in [0.05, 0.1) is 6.61 Å². The molecule has 0 aromatic rings. The van der Waals surface area contributed by atoms with Crippen LogP contribution in [0.4, 0.5) is 0 Å². The van der Waals surface area contributed by atoms with Crippen LogP contribution in [0.25, 0.3) is 0 Å². The lowest BCUT2D eigenvalue weighted by atomic mass is 10.1. The molecule has 1 atom stereocenters. The van der Waals surface area contributed by atoms with Crippen LogP contribution >= 0.6 is 11.8 Å². The number of rotatable bonds is 3. The maximum absolute atomic E-state index is 9.98. The van der Waals surface area contributed by atoms with Gasteiger partial charge in [-0.05, 0) is 18.7 Å². The van der Waals surface area contributed by atoms with Crippen LogP contribution in [0.1, 0.15) is 6.92 Å². The molecule has 0 aromatic heterocycles. The molecular weight excluding hydrogens is 130 g/mol. The van der Waals surface area contributed by atoms with E-state index in [1.54, 1.807) is 0 Å². The van der Waals surface area contributed by atoms with Gasteiger partial charge >= 0.3 is 0 Å². The van der Waals surface area contributed by atoms with Crippen LogP contribution in [0.3, 0.4) is 0 Å². The third-order valence-electron chi connectivity index (χ3n) is 0.804. The molecule has 0 unspecified atom stereocenters. The Balaban J connectivity index is 3.76. The van der Waals surface area contributed by atoms with Gasteiger partial charge < -0.3 is 9.90 Å². The summed E-state index contributed by atoms with van der Waals surface area (Å²) in [6.45, 7) is 1.20.